The molecule has 3 nitrogen and oxygen atoms in total. The Kier molecular flexibility index (Phi) is 5.91. The van der Waals surface area contributed by atoms with Gasteiger partial charge in [0.25, 0.3) is 0 Å². The molecule has 1 aromatic carbocycles. The third-order valence-electron chi connectivity index (χ3n) is 3.01. The van der Waals surface area contributed by atoms with E-state index in [2.05, 4.69) is 5.32 Å². The monoisotopic (exact) mass is 273 g/mol. The second-order valence-corrected chi connectivity index (χ2v) is 5.41. The first kappa shape index (κ1) is 15.3. The zero-order valence-corrected chi connectivity index (χ0v) is 11.7. The Morgan fingerprint density at radius 2 is 2.06 bits per heavy atom. The van der Waals surface area contributed by atoms with Gasteiger partial charge < -0.3 is 15.5 Å². The molecule has 0 radical (unpaired) electrons. The Hall–Kier alpha value is -0.780. The average molecular weight is 273 g/mol. The smallest absolute Gasteiger partial charge is 0.123 e. The molecule has 0 aliphatic carbocycles. The van der Waals surface area contributed by atoms with E-state index >= 15 is 0 Å². The zero-order chi connectivity index (χ0) is 13.7. The van der Waals surface area contributed by atoms with Crippen LogP contribution in [0.5, 0.6) is 5.75 Å². The first-order valence-corrected chi connectivity index (χ1v) is 7.16. The van der Waals surface area contributed by atoms with Crippen molar-refractivity contribution in [2.24, 2.45) is 0 Å². The van der Waals surface area contributed by atoms with E-state index in [0.717, 1.165) is 0 Å². The molecule has 0 aromatic heterocycles. The van der Waals surface area contributed by atoms with E-state index < -0.39 is 0 Å². The third-order valence-corrected chi connectivity index (χ3v) is 4.17. The molecule has 3 unspecified atom stereocenters. The summed E-state index contributed by atoms with van der Waals surface area (Å²) < 4.78 is 13.2. The lowest BCUT2D eigenvalue weighted by molar-refractivity contribution is 0.271. The fraction of sp³-hybridized carbons (Fsp3) is 0.538. The number of rotatable bonds is 6. The van der Waals surface area contributed by atoms with Crippen LogP contribution in [0.4, 0.5) is 4.39 Å². The molecule has 0 fully saturated rings. The molecule has 0 amide bonds. The van der Waals surface area contributed by atoms with Gasteiger partial charge in [-0.05, 0) is 38.3 Å². The number of hydrogen-bond acceptors (Lipinski definition) is 4. The number of thioether (sulfide) groups is 1. The average Bonchev–Trinajstić information content (AvgIpc) is 2.33. The predicted octanol–water partition coefficient (Wildman–Crippen LogP) is 2.29. The quantitative estimate of drug-likeness (QED) is 0.744. The Morgan fingerprint density at radius 1 is 1.39 bits per heavy atom. The molecule has 0 bridgehead atoms. The third kappa shape index (κ3) is 3.86. The minimum absolute atomic E-state index is 0.0580. The topological polar surface area (TPSA) is 52.5 Å². The Labute approximate surface area is 111 Å². The number of halogens is 1. The van der Waals surface area contributed by atoms with E-state index in [1.165, 1.54) is 18.2 Å². The highest BCUT2D eigenvalue weighted by atomic mass is 32.2. The van der Waals surface area contributed by atoms with Crippen LogP contribution in [0.15, 0.2) is 18.2 Å². The number of hydrogen-bond donors (Lipinski definition) is 3. The van der Waals surface area contributed by atoms with E-state index in [0.29, 0.717) is 5.56 Å². The van der Waals surface area contributed by atoms with Gasteiger partial charge in [-0.2, -0.15) is 11.8 Å². The van der Waals surface area contributed by atoms with Gasteiger partial charge in [-0.1, -0.05) is 0 Å². The molecule has 1 aromatic rings. The summed E-state index contributed by atoms with van der Waals surface area (Å²) in [6.45, 7) is 3.90. The van der Waals surface area contributed by atoms with Crippen LogP contribution >= 0.6 is 11.8 Å². The number of aliphatic hydroxyl groups excluding tert-OH is 1. The van der Waals surface area contributed by atoms with Gasteiger partial charge in [0.05, 0.1) is 6.61 Å². The van der Waals surface area contributed by atoms with Crippen LogP contribution in [0.1, 0.15) is 25.5 Å². The molecule has 1 rings (SSSR count). The number of aromatic hydroxyl groups is 1. The van der Waals surface area contributed by atoms with Gasteiger partial charge >= 0.3 is 0 Å². The molecule has 0 aliphatic rings. The summed E-state index contributed by atoms with van der Waals surface area (Å²) in [5.41, 5.74) is 0.527. The van der Waals surface area contributed by atoms with E-state index in [4.69, 9.17) is 0 Å². The van der Waals surface area contributed by atoms with Crippen LogP contribution in [-0.4, -0.2) is 34.4 Å². The lowest BCUT2D eigenvalue weighted by Gasteiger charge is -2.26. The van der Waals surface area contributed by atoms with Crippen molar-refractivity contribution in [1.82, 2.24) is 5.32 Å². The molecule has 0 spiro atoms. The molecule has 18 heavy (non-hydrogen) atoms. The van der Waals surface area contributed by atoms with Crippen molar-refractivity contribution < 1.29 is 14.6 Å². The normalized spacial score (nSPS) is 16.3. The minimum atomic E-state index is -0.368. The predicted molar refractivity (Wildman–Crippen MR) is 73.5 cm³/mol. The van der Waals surface area contributed by atoms with Crippen molar-refractivity contribution in [3.8, 4) is 5.75 Å². The molecule has 0 saturated heterocycles. The van der Waals surface area contributed by atoms with E-state index in [9.17, 15) is 14.6 Å². The highest BCUT2D eigenvalue weighted by molar-refractivity contribution is 7.99. The number of benzene rings is 1. The molecular weight excluding hydrogens is 253 g/mol. The van der Waals surface area contributed by atoms with Gasteiger partial charge in [0, 0.05) is 22.9 Å². The van der Waals surface area contributed by atoms with Crippen LogP contribution in [0.25, 0.3) is 0 Å². The number of aliphatic hydroxyl groups is 1. The molecule has 0 heterocycles. The van der Waals surface area contributed by atoms with E-state index in [-0.39, 0.29) is 35.5 Å². The summed E-state index contributed by atoms with van der Waals surface area (Å²) in [5, 5.41) is 22.2. The first-order chi connectivity index (χ1) is 8.49. The molecule has 5 heteroatoms. The van der Waals surface area contributed by atoms with Crippen molar-refractivity contribution in [3.63, 3.8) is 0 Å². The Bertz CT molecular complexity index is 385. The van der Waals surface area contributed by atoms with Crippen LogP contribution in [0.2, 0.25) is 0 Å². The Balaban J connectivity index is 2.75. The SMILES string of the molecule is CSC(CO)C(C)NC(C)c1cc(F)ccc1O. The largest absolute Gasteiger partial charge is 0.508 e. The number of nitrogens with one attached hydrogen (secondary N) is 1. The molecule has 0 saturated carbocycles. The van der Waals surface area contributed by atoms with E-state index in [1.807, 2.05) is 20.1 Å². The summed E-state index contributed by atoms with van der Waals surface area (Å²) in [5.74, 6) is -0.291. The van der Waals surface area contributed by atoms with Crippen molar-refractivity contribution in [3.05, 3.63) is 29.6 Å². The second kappa shape index (κ2) is 6.97. The minimum Gasteiger partial charge on any atom is -0.508 e. The molecular formula is C13H20FNO2S. The summed E-state index contributed by atoms with van der Waals surface area (Å²) in [7, 11) is 0. The maximum absolute atomic E-state index is 13.2. The molecule has 3 atom stereocenters. The van der Waals surface area contributed by atoms with Gasteiger partial charge in [0.1, 0.15) is 11.6 Å². The van der Waals surface area contributed by atoms with Crippen molar-refractivity contribution >= 4 is 11.8 Å². The van der Waals surface area contributed by atoms with Crippen molar-refractivity contribution in [1.29, 1.82) is 0 Å². The fourth-order valence-corrected chi connectivity index (χ4v) is 2.54. The number of phenols is 1. The van der Waals surface area contributed by atoms with Crippen molar-refractivity contribution in [2.75, 3.05) is 12.9 Å². The lowest BCUT2D eigenvalue weighted by atomic mass is 10.1. The van der Waals surface area contributed by atoms with Crippen LogP contribution in [0.3, 0.4) is 0 Å². The second-order valence-electron chi connectivity index (χ2n) is 4.34. The van der Waals surface area contributed by atoms with Crippen LogP contribution < -0.4 is 5.32 Å². The van der Waals surface area contributed by atoms with Crippen LogP contribution in [-0.2, 0) is 0 Å². The molecule has 3 N–H and O–H groups in total. The lowest BCUT2D eigenvalue weighted by Crippen LogP contribution is -2.39. The zero-order valence-electron chi connectivity index (χ0n) is 10.9. The summed E-state index contributed by atoms with van der Waals surface area (Å²) in [4.78, 5) is 0. The maximum atomic E-state index is 13.2. The Morgan fingerprint density at radius 3 is 2.61 bits per heavy atom. The van der Waals surface area contributed by atoms with E-state index in [1.54, 1.807) is 11.8 Å². The first-order valence-electron chi connectivity index (χ1n) is 5.87. The molecule has 102 valence electrons. The molecule has 0 aliphatic heterocycles. The van der Waals surface area contributed by atoms with Crippen LogP contribution in [0, 0.1) is 5.82 Å². The standard InChI is InChI=1S/C13H20FNO2S/c1-8(15-9(2)13(7-16)18-3)11-6-10(14)4-5-12(11)17/h4-6,8-9,13,15-17H,7H2,1-3H3. The van der Waals surface area contributed by atoms with Gasteiger partial charge in [-0.3, -0.25) is 0 Å². The highest BCUT2D eigenvalue weighted by Gasteiger charge is 2.19. The summed E-state index contributed by atoms with van der Waals surface area (Å²) >= 11 is 1.57. The van der Waals surface area contributed by atoms with Gasteiger partial charge in [0.15, 0.2) is 0 Å². The van der Waals surface area contributed by atoms with Gasteiger partial charge in [0.2, 0.25) is 0 Å². The van der Waals surface area contributed by atoms with Gasteiger partial charge in [-0.15, -0.1) is 0 Å². The van der Waals surface area contributed by atoms with Crippen molar-refractivity contribution in [2.45, 2.75) is 31.2 Å². The summed E-state index contributed by atoms with van der Waals surface area (Å²) in [6, 6.07) is 3.78. The fourth-order valence-electron chi connectivity index (χ4n) is 1.90. The van der Waals surface area contributed by atoms with Gasteiger partial charge in [-0.25, -0.2) is 4.39 Å². The maximum Gasteiger partial charge on any atom is 0.123 e. The summed E-state index contributed by atoms with van der Waals surface area (Å²) in [6.07, 6.45) is 1.93. The number of phenolic OH excluding ortho intramolecular Hbond substituents is 1. The highest BCUT2D eigenvalue weighted by Crippen LogP contribution is 2.25.